The van der Waals surface area contributed by atoms with Crippen molar-refractivity contribution in [2.75, 3.05) is 36.5 Å². The molecule has 1 fully saturated rings. The van der Waals surface area contributed by atoms with E-state index in [2.05, 4.69) is 25.7 Å². The van der Waals surface area contributed by atoms with E-state index in [4.69, 9.17) is 16.3 Å². The van der Waals surface area contributed by atoms with Gasteiger partial charge in [0.05, 0.1) is 25.0 Å². The van der Waals surface area contributed by atoms with Crippen molar-refractivity contribution >= 4 is 56.5 Å². The molecule has 2 aromatic carbocycles. The minimum atomic E-state index is -0.225. The monoisotopic (exact) mass is 509 g/mol. The molecule has 4 aromatic rings. The highest BCUT2D eigenvalue weighted by atomic mass is 35.5. The first kappa shape index (κ1) is 23.3. The Morgan fingerprint density at radius 3 is 2.57 bits per heavy atom. The summed E-state index contributed by atoms with van der Waals surface area (Å²) in [7, 11) is 0. The zero-order valence-corrected chi connectivity index (χ0v) is 20.4. The normalized spacial score (nSPS) is 13.7. The fourth-order valence-corrected chi connectivity index (χ4v) is 5.01. The van der Waals surface area contributed by atoms with Crippen molar-refractivity contribution < 1.29 is 14.3 Å². The number of aromatic amines is 1. The van der Waals surface area contributed by atoms with Gasteiger partial charge in [0.15, 0.2) is 0 Å². The topological polar surface area (TPSA) is 99.4 Å². The van der Waals surface area contributed by atoms with Gasteiger partial charge in [-0.25, -0.2) is 0 Å². The highest BCUT2D eigenvalue weighted by Gasteiger charge is 2.16. The number of aromatic nitrogens is 2. The summed E-state index contributed by atoms with van der Waals surface area (Å²) in [5, 5.41) is 14.4. The van der Waals surface area contributed by atoms with Crippen LogP contribution in [0.1, 0.15) is 20.8 Å². The molecular weight excluding hydrogens is 486 g/mol. The second kappa shape index (κ2) is 10.5. The molecule has 0 unspecified atom stereocenters. The number of amides is 2. The standard InChI is InChI=1S/C25H24ClN5O3S/c26-18-5-1-16(2-6-18)15-27-22(32)14-20-13-21-23(29-30-25(21)35-20)28-24(33)17-3-7-19(8-4-17)31-9-11-34-12-10-31/h1-8,13H,9-12,14-15H2,(H,27,32)(H2,28,29,30,33). The third-order valence-corrected chi connectivity index (χ3v) is 7.06. The van der Waals surface area contributed by atoms with Gasteiger partial charge < -0.3 is 20.3 Å². The molecule has 1 aliphatic rings. The molecule has 5 rings (SSSR count). The van der Waals surface area contributed by atoms with Crippen molar-refractivity contribution in [3.05, 3.63) is 75.6 Å². The number of fused-ring (bicyclic) bond motifs is 1. The van der Waals surface area contributed by atoms with Crippen LogP contribution in [0.15, 0.2) is 54.6 Å². The summed E-state index contributed by atoms with van der Waals surface area (Å²) >= 11 is 7.32. The zero-order chi connectivity index (χ0) is 24.2. The van der Waals surface area contributed by atoms with E-state index in [1.807, 2.05) is 42.5 Å². The lowest BCUT2D eigenvalue weighted by molar-refractivity contribution is -0.120. The predicted octanol–water partition coefficient (Wildman–Crippen LogP) is 4.23. The average Bonchev–Trinajstić information content (AvgIpc) is 3.45. The number of ether oxygens (including phenoxy) is 1. The number of carbonyl (C=O) groups excluding carboxylic acids is 2. The molecule has 10 heteroatoms. The highest BCUT2D eigenvalue weighted by Crippen LogP contribution is 2.30. The van der Waals surface area contributed by atoms with Gasteiger partial charge in [0.25, 0.3) is 5.91 Å². The number of nitrogens with one attached hydrogen (secondary N) is 3. The fraction of sp³-hybridized carbons (Fsp3) is 0.240. The lowest BCUT2D eigenvalue weighted by Crippen LogP contribution is -2.36. The predicted molar refractivity (Wildman–Crippen MR) is 138 cm³/mol. The molecule has 180 valence electrons. The molecule has 0 radical (unpaired) electrons. The van der Waals surface area contributed by atoms with Crippen LogP contribution in [0, 0.1) is 0 Å². The minimum Gasteiger partial charge on any atom is -0.378 e. The summed E-state index contributed by atoms with van der Waals surface area (Å²) in [6, 6.07) is 16.8. The first-order chi connectivity index (χ1) is 17.0. The van der Waals surface area contributed by atoms with Gasteiger partial charge in [-0.1, -0.05) is 23.7 Å². The maximum atomic E-state index is 12.8. The molecule has 3 heterocycles. The molecule has 0 atom stereocenters. The quantitative estimate of drug-likeness (QED) is 0.346. The number of thiophene rings is 1. The summed E-state index contributed by atoms with van der Waals surface area (Å²) in [4.78, 5) is 29.1. The van der Waals surface area contributed by atoms with Gasteiger partial charge >= 0.3 is 0 Å². The van der Waals surface area contributed by atoms with Gasteiger partial charge in [-0.15, -0.1) is 11.3 Å². The molecule has 2 aromatic heterocycles. The number of benzene rings is 2. The van der Waals surface area contributed by atoms with Crippen LogP contribution in [0.5, 0.6) is 0 Å². The molecule has 35 heavy (non-hydrogen) atoms. The van der Waals surface area contributed by atoms with Crippen LogP contribution in [0.2, 0.25) is 5.02 Å². The van der Waals surface area contributed by atoms with Gasteiger partial charge in [-0.3, -0.25) is 14.7 Å². The number of carbonyl (C=O) groups is 2. The van der Waals surface area contributed by atoms with Crippen LogP contribution < -0.4 is 15.5 Å². The smallest absolute Gasteiger partial charge is 0.256 e. The number of rotatable bonds is 7. The molecule has 0 spiro atoms. The summed E-state index contributed by atoms with van der Waals surface area (Å²) in [5.41, 5.74) is 2.61. The number of morpholine rings is 1. The van der Waals surface area contributed by atoms with Gasteiger partial charge in [-0.2, -0.15) is 5.10 Å². The highest BCUT2D eigenvalue weighted by molar-refractivity contribution is 7.18. The molecule has 0 bridgehead atoms. The molecule has 0 saturated carbocycles. The Bertz CT molecular complexity index is 1330. The Kier molecular flexibility index (Phi) is 6.98. The van der Waals surface area contributed by atoms with Crippen LogP contribution in [-0.4, -0.2) is 48.3 Å². The van der Waals surface area contributed by atoms with Crippen molar-refractivity contribution in [3.8, 4) is 0 Å². The average molecular weight is 510 g/mol. The van der Waals surface area contributed by atoms with Crippen LogP contribution in [-0.2, 0) is 22.5 Å². The number of hydrogen-bond acceptors (Lipinski definition) is 6. The van der Waals surface area contributed by atoms with Crippen molar-refractivity contribution in [2.24, 2.45) is 0 Å². The van der Waals surface area contributed by atoms with Crippen LogP contribution in [0.3, 0.4) is 0 Å². The van der Waals surface area contributed by atoms with Gasteiger partial charge in [0.2, 0.25) is 5.91 Å². The largest absolute Gasteiger partial charge is 0.378 e. The SMILES string of the molecule is O=C(Cc1cc2c(NC(=O)c3ccc(N4CCOCC4)cc3)[nH]nc2s1)NCc1ccc(Cl)cc1. The van der Waals surface area contributed by atoms with Crippen molar-refractivity contribution in [2.45, 2.75) is 13.0 Å². The summed E-state index contributed by atoms with van der Waals surface area (Å²) < 4.78 is 5.39. The summed E-state index contributed by atoms with van der Waals surface area (Å²) in [6.07, 6.45) is 0.241. The third kappa shape index (κ3) is 5.64. The number of H-pyrrole nitrogens is 1. The van der Waals surface area contributed by atoms with E-state index in [0.29, 0.717) is 36.2 Å². The van der Waals surface area contributed by atoms with Gasteiger partial charge in [0, 0.05) is 40.8 Å². The minimum absolute atomic E-state index is 0.0845. The molecule has 1 aliphatic heterocycles. The van der Waals surface area contributed by atoms with Crippen molar-refractivity contribution in [3.63, 3.8) is 0 Å². The fourth-order valence-electron chi connectivity index (χ4n) is 3.90. The molecule has 8 nitrogen and oxygen atoms in total. The van der Waals surface area contributed by atoms with Crippen molar-refractivity contribution in [1.29, 1.82) is 0 Å². The van der Waals surface area contributed by atoms with E-state index in [1.54, 1.807) is 12.1 Å². The van der Waals surface area contributed by atoms with Gasteiger partial charge in [-0.05, 0) is 48.0 Å². The van der Waals surface area contributed by atoms with Crippen molar-refractivity contribution in [1.82, 2.24) is 15.5 Å². The Hall–Kier alpha value is -3.40. The van der Waals surface area contributed by atoms with E-state index in [9.17, 15) is 9.59 Å². The van der Waals surface area contributed by atoms with E-state index in [1.165, 1.54) is 11.3 Å². The Labute approximate surface area is 211 Å². The van der Waals surface area contributed by atoms with E-state index in [0.717, 1.165) is 39.4 Å². The first-order valence-corrected chi connectivity index (χ1v) is 12.5. The lowest BCUT2D eigenvalue weighted by atomic mass is 10.1. The maximum Gasteiger partial charge on any atom is 0.256 e. The van der Waals surface area contributed by atoms with Gasteiger partial charge in [0.1, 0.15) is 10.6 Å². The summed E-state index contributed by atoms with van der Waals surface area (Å²) in [5.74, 6) is 0.211. The molecule has 0 aliphatic carbocycles. The molecular formula is C25H24ClN5O3S. The number of halogens is 1. The molecule has 1 saturated heterocycles. The first-order valence-electron chi connectivity index (χ1n) is 11.3. The third-order valence-electron chi connectivity index (χ3n) is 5.78. The van der Waals surface area contributed by atoms with Crippen LogP contribution >= 0.6 is 22.9 Å². The number of anilines is 2. The Balaban J connectivity index is 1.19. The second-order valence-corrected chi connectivity index (χ2v) is 9.76. The Morgan fingerprint density at radius 1 is 1.09 bits per heavy atom. The number of nitrogens with zero attached hydrogens (tertiary/aromatic N) is 2. The van der Waals surface area contributed by atoms with E-state index < -0.39 is 0 Å². The molecule has 2 amide bonds. The Morgan fingerprint density at radius 2 is 1.83 bits per heavy atom. The van der Waals surface area contributed by atoms with E-state index >= 15 is 0 Å². The second-order valence-electron chi connectivity index (χ2n) is 8.21. The zero-order valence-electron chi connectivity index (χ0n) is 18.8. The lowest BCUT2D eigenvalue weighted by Gasteiger charge is -2.28. The van der Waals surface area contributed by atoms with Crippen LogP contribution in [0.4, 0.5) is 11.5 Å². The van der Waals surface area contributed by atoms with Crippen LogP contribution in [0.25, 0.3) is 10.2 Å². The van der Waals surface area contributed by atoms with E-state index in [-0.39, 0.29) is 18.2 Å². The number of hydrogen-bond donors (Lipinski definition) is 3. The summed E-state index contributed by atoms with van der Waals surface area (Å²) in [6.45, 7) is 3.55. The maximum absolute atomic E-state index is 12.8. The molecule has 3 N–H and O–H groups in total.